The number of hydrogen-bond donors (Lipinski definition) is 1. The Labute approximate surface area is 221 Å². The zero-order valence-corrected chi connectivity index (χ0v) is 21.9. The zero-order valence-electron chi connectivity index (χ0n) is 21.9. The van der Waals surface area contributed by atoms with Crippen LogP contribution in [-0.4, -0.2) is 23.3 Å². The van der Waals surface area contributed by atoms with Crippen LogP contribution in [0.25, 0.3) is 11.1 Å². The van der Waals surface area contributed by atoms with E-state index in [0.717, 1.165) is 33.4 Å². The lowest BCUT2D eigenvalue weighted by molar-refractivity contribution is -0.137. The maximum absolute atomic E-state index is 15.2. The van der Waals surface area contributed by atoms with Crippen LogP contribution in [0.1, 0.15) is 66.5 Å². The van der Waals surface area contributed by atoms with Gasteiger partial charge in [-0.15, -0.1) is 0 Å². The number of hydrogen-bond acceptors (Lipinski definition) is 5. The van der Waals surface area contributed by atoms with E-state index in [4.69, 9.17) is 19.3 Å². The van der Waals surface area contributed by atoms with Crippen molar-refractivity contribution < 1.29 is 28.5 Å². The molecular formula is C31H30FNO5. The van der Waals surface area contributed by atoms with Crippen LogP contribution >= 0.6 is 0 Å². The Kier molecular flexibility index (Phi) is 6.52. The fraction of sp³-hybridized carbons (Fsp3) is 0.355. The molecule has 0 fully saturated rings. The highest BCUT2D eigenvalue weighted by Crippen LogP contribution is 2.45. The summed E-state index contributed by atoms with van der Waals surface area (Å²) < 4.78 is 33.1. The summed E-state index contributed by atoms with van der Waals surface area (Å²) in [7, 11) is 0. The lowest BCUT2D eigenvalue weighted by Gasteiger charge is -2.22. The third-order valence-corrected chi connectivity index (χ3v) is 7.26. The van der Waals surface area contributed by atoms with Crippen LogP contribution in [0.2, 0.25) is 0 Å². The second-order valence-electron chi connectivity index (χ2n) is 10.6. The van der Waals surface area contributed by atoms with Crippen molar-refractivity contribution >= 4 is 5.97 Å². The van der Waals surface area contributed by atoms with Gasteiger partial charge in [0.05, 0.1) is 13.0 Å². The minimum atomic E-state index is -0.943. The molecule has 0 bridgehead atoms. The lowest BCUT2D eigenvalue weighted by Crippen LogP contribution is -2.25. The smallest absolute Gasteiger partial charge is 0.304 e. The summed E-state index contributed by atoms with van der Waals surface area (Å²) in [6.07, 6.45) is 0.879. The van der Waals surface area contributed by atoms with Crippen molar-refractivity contribution in [1.82, 2.24) is 0 Å². The molecule has 0 saturated carbocycles. The molecule has 38 heavy (non-hydrogen) atoms. The first-order valence-corrected chi connectivity index (χ1v) is 12.7. The molecule has 0 radical (unpaired) electrons. The second-order valence-corrected chi connectivity index (χ2v) is 10.6. The van der Waals surface area contributed by atoms with E-state index in [1.54, 1.807) is 26.0 Å². The van der Waals surface area contributed by atoms with E-state index < -0.39 is 17.7 Å². The van der Waals surface area contributed by atoms with Crippen LogP contribution in [0.5, 0.6) is 17.2 Å². The Morgan fingerprint density at radius 3 is 2.58 bits per heavy atom. The van der Waals surface area contributed by atoms with Crippen LogP contribution in [-0.2, 0) is 11.2 Å². The zero-order chi connectivity index (χ0) is 27.2. The highest BCUT2D eigenvalue weighted by molar-refractivity contribution is 5.76. The molecule has 2 atom stereocenters. The predicted octanol–water partition coefficient (Wildman–Crippen LogP) is 6.81. The number of carboxylic acids is 1. The van der Waals surface area contributed by atoms with Crippen molar-refractivity contribution in [3.8, 4) is 34.4 Å². The Bertz CT molecular complexity index is 1450. The SMILES string of the molecule is Cc1cc(OC(C)(C)C#N)cc(C)c1-c1ccc(F)c2c1CCC2Oc1ccc2c(c1)OCC2CC(=O)O. The van der Waals surface area contributed by atoms with Gasteiger partial charge in [-0.2, -0.15) is 5.26 Å². The Hall–Kier alpha value is -4.05. The first-order chi connectivity index (χ1) is 18.1. The van der Waals surface area contributed by atoms with E-state index in [1.807, 2.05) is 38.1 Å². The number of nitrogens with zero attached hydrogens (tertiary/aromatic N) is 1. The third-order valence-electron chi connectivity index (χ3n) is 7.26. The average Bonchev–Trinajstić information content (AvgIpc) is 3.44. The van der Waals surface area contributed by atoms with Gasteiger partial charge in [0, 0.05) is 23.1 Å². The van der Waals surface area contributed by atoms with E-state index in [0.29, 0.717) is 42.3 Å². The van der Waals surface area contributed by atoms with Gasteiger partial charge in [-0.1, -0.05) is 12.1 Å². The van der Waals surface area contributed by atoms with Gasteiger partial charge in [0.25, 0.3) is 0 Å². The number of aliphatic carboxylic acids is 1. The summed E-state index contributed by atoms with van der Waals surface area (Å²) in [6.45, 7) is 7.76. The molecule has 2 unspecified atom stereocenters. The van der Waals surface area contributed by atoms with Crippen LogP contribution in [0.4, 0.5) is 4.39 Å². The quantitative estimate of drug-likeness (QED) is 0.372. The fourth-order valence-corrected chi connectivity index (χ4v) is 5.62. The number of halogens is 1. The molecule has 196 valence electrons. The van der Waals surface area contributed by atoms with Crippen LogP contribution < -0.4 is 14.2 Å². The van der Waals surface area contributed by atoms with Crippen molar-refractivity contribution in [2.75, 3.05) is 6.61 Å². The normalized spacial score (nSPS) is 17.8. The monoisotopic (exact) mass is 515 g/mol. The first kappa shape index (κ1) is 25.6. The van der Waals surface area contributed by atoms with Gasteiger partial charge < -0.3 is 19.3 Å². The molecule has 3 aromatic rings. The number of rotatable bonds is 7. The Morgan fingerprint density at radius 1 is 1.16 bits per heavy atom. The molecule has 3 aromatic carbocycles. The van der Waals surface area contributed by atoms with Gasteiger partial charge >= 0.3 is 5.97 Å². The number of fused-ring (bicyclic) bond motifs is 2. The second kappa shape index (κ2) is 9.68. The van der Waals surface area contributed by atoms with Crippen LogP contribution in [0, 0.1) is 31.0 Å². The van der Waals surface area contributed by atoms with Crippen LogP contribution in [0.15, 0.2) is 42.5 Å². The highest BCUT2D eigenvalue weighted by Gasteiger charge is 2.32. The lowest BCUT2D eigenvalue weighted by atomic mass is 9.90. The maximum Gasteiger partial charge on any atom is 0.304 e. The van der Waals surface area contributed by atoms with E-state index in [1.165, 1.54) is 6.07 Å². The Balaban J connectivity index is 1.44. The van der Waals surface area contributed by atoms with Crippen molar-refractivity contribution in [2.24, 2.45) is 0 Å². The van der Waals surface area contributed by atoms with E-state index in [2.05, 4.69) is 6.07 Å². The first-order valence-electron chi connectivity index (χ1n) is 12.7. The van der Waals surface area contributed by atoms with Crippen LogP contribution in [0.3, 0.4) is 0 Å². The van der Waals surface area contributed by atoms with Crippen molar-refractivity contribution in [3.05, 3.63) is 76.1 Å². The highest BCUT2D eigenvalue weighted by atomic mass is 19.1. The molecule has 2 aliphatic rings. The molecule has 0 amide bonds. The molecule has 1 N–H and O–H groups in total. The van der Waals surface area contributed by atoms with Gasteiger partial charge in [0.15, 0.2) is 5.60 Å². The van der Waals surface area contributed by atoms with E-state index in [9.17, 15) is 10.1 Å². The Morgan fingerprint density at radius 2 is 1.89 bits per heavy atom. The minimum Gasteiger partial charge on any atom is -0.492 e. The number of nitriles is 1. The van der Waals surface area contributed by atoms with Gasteiger partial charge in [-0.05, 0) is 92.6 Å². The number of aryl methyl sites for hydroxylation is 2. The molecule has 0 saturated heterocycles. The summed E-state index contributed by atoms with van der Waals surface area (Å²) in [5.74, 6) is 0.471. The standard InChI is InChI=1S/C31H30FNO5/c1-17-11-21(38-31(3,4)16-33)12-18(2)29(17)23-7-9-25(32)30-24(23)8-10-26(30)37-20-5-6-22-19(13-28(34)35)15-36-27(22)14-20/h5-7,9,11-12,14,19,26H,8,10,13,15H2,1-4H3,(H,34,35). The molecule has 1 aliphatic carbocycles. The molecule has 7 heteroatoms. The van der Waals surface area contributed by atoms with Crippen molar-refractivity contribution in [2.45, 2.75) is 64.6 Å². The largest absolute Gasteiger partial charge is 0.492 e. The molecule has 0 spiro atoms. The molecule has 0 aromatic heterocycles. The molecular weight excluding hydrogens is 485 g/mol. The predicted molar refractivity (Wildman–Crippen MR) is 140 cm³/mol. The molecule has 1 heterocycles. The summed E-state index contributed by atoms with van der Waals surface area (Å²) in [4.78, 5) is 11.1. The third kappa shape index (κ3) is 4.79. The molecule has 5 rings (SSSR count). The van der Waals surface area contributed by atoms with Crippen molar-refractivity contribution in [3.63, 3.8) is 0 Å². The number of ether oxygens (including phenoxy) is 3. The number of carboxylic acid groups (broad SMARTS) is 1. The number of carbonyl (C=O) groups is 1. The van der Waals surface area contributed by atoms with Gasteiger partial charge in [0.2, 0.25) is 0 Å². The summed E-state index contributed by atoms with van der Waals surface area (Å²) in [5.41, 5.74) is 5.39. The molecule has 6 nitrogen and oxygen atoms in total. The van der Waals surface area contributed by atoms with E-state index >= 15 is 4.39 Å². The van der Waals surface area contributed by atoms with Gasteiger partial charge in [-0.3, -0.25) is 4.79 Å². The summed E-state index contributed by atoms with van der Waals surface area (Å²) in [5, 5.41) is 18.5. The maximum atomic E-state index is 15.2. The molecule has 1 aliphatic heterocycles. The van der Waals surface area contributed by atoms with Crippen molar-refractivity contribution in [1.29, 1.82) is 5.26 Å². The van der Waals surface area contributed by atoms with Gasteiger partial charge in [-0.25, -0.2) is 4.39 Å². The number of benzene rings is 3. The fourth-order valence-electron chi connectivity index (χ4n) is 5.62. The van der Waals surface area contributed by atoms with Gasteiger partial charge in [0.1, 0.15) is 35.2 Å². The average molecular weight is 516 g/mol. The summed E-state index contributed by atoms with van der Waals surface area (Å²) in [6, 6.07) is 14.7. The summed E-state index contributed by atoms with van der Waals surface area (Å²) >= 11 is 0. The minimum absolute atomic E-state index is 0.0131. The topological polar surface area (TPSA) is 88.8 Å². The van der Waals surface area contributed by atoms with E-state index in [-0.39, 0.29) is 18.2 Å².